The zero-order chi connectivity index (χ0) is 20.3. The van der Waals surface area contributed by atoms with Crippen LogP contribution in [0.3, 0.4) is 0 Å². The Kier molecular flexibility index (Phi) is 6.80. The van der Waals surface area contributed by atoms with Gasteiger partial charge in [0, 0.05) is 4.47 Å². The molecule has 1 heterocycles. The summed E-state index contributed by atoms with van der Waals surface area (Å²) in [5.74, 6) is 1.15. The minimum Gasteiger partial charge on any atom is -0.493 e. The molecule has 0 N–H and O–H groups in total. The van der Waals surface area contributed by atoms with E-state index >= 15 is 0 Å². The number of benzene rings is 2. The van der Waals surface area contributed by atoms with Crippen molar-refractivity contribution in [1.29, 1.82) is 0 Å². The van der Waals surface area contributed by atoms with Crippen LogP contribution in [0.2, 0.25) is 0 Å². The van der Waals surface area contributed by atoms with Gasteiger partial charge in [-0.1, -0.05) is 65.0 Å². The zero-order valence-electron chi connectivity index (χ0n) is 15.8. The van der Waals surface area contributed by atoms with E-state index in [2.05, 4.69) is 22.9 Å². The maximum atomic E-state index is 12.9. The fourth-order valence-corrected chi connectivity index (χ4v) is 4.35. The standard InChI is InChI=1S/C21H20BrNO3S2/c1-4-13(2)26-18-12-16(22)14(10-17(18)25-3)11-19-20(24)23(21(27)28-19)15-8-6-5-7-9-15/h5-13H,4H2,1-3H3/b19-11+/t13-/m1/s1. The number of hydrogen-bond donors (Lipinski definition) is 0. The highest BCUT2D eigenvalue weighted by Gasteiger charge is 2.33. The summed E-state index contributed by atoms with van der Waals surface area (Å²) in [6, 6.07) is 13.1. The summed E-state index contributed by atoms with van der Waals surface area (Å²) in [4.78, 5) is 15.0. The Bertz CT molecular complexity index is 931. The molecule has 0 unspecified atom stereocenters. The third-order valence-electron chi connectivity index (χ3n) is 4.28. The Hall–Kier alpha value is -1.83. The quantitative estimate of drug-likeness (QED) is 0.374. The number of amides is 1. The van der Waals surface area contributed by atoms with E-state index < -0.39 is 0 Å². The minimum absolute atomic E-state index is 0.0776. The SMILES string of the molecule is CC[C@@H](C)Oc1cc(Br)c(/C=C2/SC(=S)N(c3ccccc3)C2=O)cc1OC. The molecule has 146 valence electrons. The first-order valence-electron chi connectivity index (χ1n) is 8.81. The van der Waals surface area contributed by atoms with Gasteiger partial charge in [-0.3, -0.25) is 9.69 Å². The lowest BCUT2D eigenvalue weighted by atomic mass is 10.1. The van der Waals surface area contributed by atoms with E-state index in [1.165, 1.54) is 11.8 Å². The van der Waals surface area contributed by atoms with E-state index in [9.17, 15) is 4.79 Å². The molecular weight excluding hydrogens is 458 g/mol. The molecule has 28 heavy (non-hydrogen) atoms. The second-order valence-electron chi connectivity index (χ2n) is 6.21. The van der Waals surface area contributed by atoms with Crippen LogP contribution in [0.5, 0.6) is 11.5 Å². The van der Waals surface area contributed by atoms with Crippen molar-refractivity contribution >= 4 is 61.9 Å². The normalized spacial score (nSPS) is 16.6. The van der Waals surface area contributed by atoms with Crippen LogP contribution in [0.15, 0.2) is 51.8 Å². The largest absolute Gasteiger partial charge is 0.493 e. The fourth-order valence-electron chi connectivity index (χ4n) is 2.62. The molecule has 0 aromatic heterocycles. The summed E-state index contributed by atoms with van der Waals surface area (Å²) in [6.07, 6.45) is 2.79. The van der Waals surface area contributed by atoms with E-state index in [0.29, 0.717) is 20.7 Å². The molecule has 1 aliphatic rings. The molecule has 0 aliphatic carbocycles. The molecule has 2 aromatic rings. The number of thioether (sulfide) groups is 1. The first-order chi connectivity index (χ1) is 13.4. The molecule has 1 aliphatic heterocycles. The van der Waals surface area contributed by atoms with Crippen molar-refractivity contribution in [3.8, 4) is 11.5 Å². The van der Waals surface area contributed by atoms with Crippen molar-refractivity contribution in [1.82, 2.24) is 0 Å². The molecule has 4 nitrogen and oxygen atoms in total. The number of halogens is 1. The van der Waals surface area contributed by atoms with E-state index in [1.807, 2.05) is 55.5 Å². The predicted molar refractivity (Wildman–Crippen MR) is 123 cm³/mol. The van der Waals surface area contributed by atoms with E-state index in [-0.39, 0.29) is 12.0 Å². The lowest BCUT2D eigenvalue weighted by molar-refractivity contribution is -0.113. The third-order valence-corrected chi connectivity index (χ3v) is 6.27. The Morgan fingerprint density at radius 3 is 2.61 bits per heavy atom. The number of anilines is 1. The van der Waals surface area contributed by atoms with Crippen molar-refractivity contribution in [2.45, 2.75) is 26.4 Å². The van der Waals surface area contributed by atoms with Crippen LogP contribution in [0.1, 0.15) is 25.8 Å². The fraction of sp³-hybridized carbons (Fsp3) is 0.238. The van der Waals surface area contributed by atoms with E-state index in [0.717, 1.165) is 22.1 Å². The first-order valence-corrected chi connectivity index (χ1v) is 10.8. The second-order valence-corrected chi connectivity index (χ2v) is 8.74. The first kappa shape index (κ1) is 20.9. The summed E-state index contributed by atoms with van der Waals surface area (Å²) >= 11 is 10.3. The van der Waals surface area contributed by atoms with E-state index in [1.54, 1.807) is 12.0 Å². The average molecular weight is 478 g/mol. The maximum Gasteiger partial charge on any atom is 0.270 e. The molecule has 1 saturated heterocycles. The molecule has 0 spiro atoms. The van der Waals surface area contributed by atoms with Gasteiger partial charge in [0.15, 0.2) is 15.8 Å². The number of para-hydroxylation sites is 1. The zero-order valence-corrected chi connectivity index (χ0v) is 19.0. The lowest BCUT2D eigenvalue weighted by Gasteiger charge is -2.17. The van der Waals surface area contributed by atoms with Gasteiger partial charge in [0.25, 0.3) is 5.91 Å². The number of carbonyl (C=O) groups excluding carboxylic acids is 1. The van der Waals surface area contributed by atoms with Crippen LogP contribution in [0, 0.1) is 0 Å². The highest BCUT2D eigenvalue weighted by molar-refractivity contribution is 9.10. The van der Waals surface area contributed by atoms with Crippen LogP contribution in [0.25, 0.3) is 6.08 Å². The number of hydrogen-bond acceptors (Lipinski definition) is 5. The molecule has 7 heteroatoms. The maximum absolute atomic E-state index is 12.9. The van der Waals surface area contributed by atoms with Crippen LogP contribution in [0.4, 0.5) is 5.69 Å². The van der Waals surface area contributed by atoms with Gasteiger partial charge in [-0.15, -0.1) is 0 Å². The Labute approximate surface area is 183 Å². The smallest absolute Gasteiger partial charge is 0.270 e. The molecule has 1 amide bonds. The van der Waals surface area contributed by atoms with Gasteiger partial charge < -0.3 is 9.47 Å². The van der Waals surface area contributed by atoms with E-state index in [4.69, 9.17) is 21.7 Å². The number of carbonyl (C=O) groups is 1. The number of methoxy groups -OCH3 is 1. The van der Waals surface area contributed by atoms with Gasteiger partial charge in [-0.25, -0.2) is 0 Å². The topological polar surface area (TPSA) is 38.8 Å². The Balaban J connectivity index is 1.93. The summed E-state index contributed by atoms with van der Waals surface area (Å²) in [7, 11) is 1.60. The van der Waals surface area contributed by atoms with Crippen LogP contribution in [-0.2, 0) is 4.79 Å². The third kappa shape index (κ3) is 4.42. The Morgan fingerprint density at radius 1 is 1.25 bits per heavy atom. The average Bonchev–Trinajstić information content (AvgIpc) is 2.97. The van der Waals surface area contributed by atoms with Gasteiger partial charge in [0.1, 0.15) is 0 Å². The highest BCUT2D eigenvalue weighted by atomic mass is 79.9. The van der Waals surface area contributed by atoms with Crippen molar-refractivity contribution in [3.05, 3.63) is 57.4 Å². The second kappa shape index (κ2) is 9.11. The van der Waals surface area contributed by atoms with Gasteiger partial charge in [-0.05, 0) is 49.2 Å². The van der Waals surface area contributed by atoms with Crippen molar-refractivity contribution in [2.75, 3.05) is 12.0 Å². The van der Waals surface area contributed by atoms with Gasteiger partial charge >= 0.3 is 0 Å². The Morgan fingerprint density at radius 2 is 1.96 bits per heavy atom. The summed E-state index contributed by atoms with van der Waals surface area (Å²) in [6.45, 7) is 4.07. The molecular formula is C21H20BrNO3S2. The molecule has 0 bridgehead atoms. The molecule has 3 rings (SSSR count). The molecule has 1 fully saturated rings. The van der Waals surface area contributed by atoms with Gasteiger partial charge in [0.05, 0.1) is 23.8 Å². The van der Waals surface area contributed by atoms with Crippen molar-refractivity contribution in [2.24, 2.45) is 0 Å². The number of nitrogens with zero attached hydrogens (tertiary/aromatic N) is 1. The number of thiocarbonyl (C=S) groups is 1. The highest BCUT2D eigenvalue weighted by Crippen LogP contribution is 2.39. The van der Waals surface area contributed by atoms with Crippen molar-refractivity contribution < 1.29 is 14.3 Å². The van der Waals surface area contributed by atoms with Crippen LogP contribution in [-0.4, -0.2) is 23.4 Å². The molecule has 0 saturated carbocycles. The summed E-state index contributed by atoms with van der Waals surface area (Å²) in [5.41, 5.74) is 1.59. The summed E-state index contributed by atoms with van der Waals surface area (Å²) < 4.78 is 12.7. The molecule has 2 aromatic carbocycles. The van der Waals surface area contributed by atoms with Crippen molar-refractivity contribution in [3.63, 3.8) is 0 Å². The summed E-state index contributed by atoms with van der Waals surface area (Å²) in [5, 5.41) is 0. The van der Waals surface area contributed by atoms with Gasteiger partial charge in [0.2, 0.25) is 0 Å². The number of rotatable bonds is 6. The van der Waals surface area contributed by atoms with Crippen LogP contribution < -0.4 is 14.4 Å². The lowest BCUT2D eigenvalue weighted by Crippen LogP contribution is -2.27. The molecule has 0 radical (unpaired) electrons. The minimum atomic E-state index is -0.132. The molecule has 1 atom stereocenters. The number of ether oxygens (including phenoxy) is 2. The van der Waals surface area contributed by atoms with Gasteiger partial charge in [-0.2, -0.15) is 0 Å². The predicted octanol–water partition coefficient (Wildman–Crippen LogP) is 6.04. The monoisotopic (exact) mass is 477 g/mol. The van der Waals surface area contributed by atoms with Crippen LogP contribution >= 0.6 is 39.9 Å².